The Morgan fingerprint density at radius 3 is 1.74 bits per heavy atom. The number of allylic oxidation sites excluding steroid dienone is 1. The topological polar surface area (TPSA) is 30.7 Å². The molecular weight excluding hydrogens is 703 g/mol. The highest BCUT2D eigenvalue weighted by Gasteiger charge is 2.32. The number of rotatable bonds is 5. The lowest BCUT2D eigenvalue weighted by Gasteiger charge is -2.17. The molecule has 2 aliphatic carbocycles. The standard InChI is InChI=1S/C55H35N3/c1-33(35-16-6-3-7-17-35)30-46-48-34(2)41-26-12-22-37-23-13-27-42(49(37)41)45-31-40(36-18-8-4-9-19-36)32-47(51(45)48)58(46)55-56-53(39-20-10-5-11-21-39)52-43-28-14-24-38-25-15-29-44(50(38)43)54(52)57-55/h3-32H,2H2,1H3/b33-30+. The summed E-state index contributed by atoms with van der Waals surface area (Å²) in [7, 11) is 0. The second-order valence-electron chi connectivity index (χ2n) is 15.4. The van der Waals surface area contributed by atoms with Crippen LogP contribution < -0.4 is 0 Å². The van der Waals surface area contributed by atoms with E-state index in [1.807, 2.05) is 0 Å². The Balaban J connectivity index is 1.27. The van der Waals surface area contributed by atoms with Gasteiger partial charge in [0.15, 0.2) is 0 Å². The SMILES string of the molecule is C=C1c2cccc3cccc(c23)-c2cc(-c3ccccc3)cc3c2c1c(/C=C(\C)c1ccccc1)n3-c1nc(-c2ccccc2)c2c(n1)-c1cccc3cccc-2c13. The van der Waals surface area contributed by atoms with E-state index in [1.54, 1.807) is 0 Å². The molecule has 0 N–H and O–H groups in total. The molecule has 0 bridgehead atoms. The van der Waals surface area contributed by atoms with Gasteiger partial charge in [-0.25, -0.2) is 9.97 Å². The fourth-order valence-corrected chi connectivity index (χ4v) is 9.59. The molecule has 0 saturated carbocycles. The Morgan fingerprint density at radius 1 is 0.483 bits per heavy atom. The number of hydrogen-bond donors (Lipinski definition) is 0. The molecule has 10 aromatic rings. The minimum Gasteiger partial charge on any atom is -0.278 e. The summed E-state index contributed by atoms with van der Waals surface area (Å²) < 4.78 is 2.32. The molecule has 0 fully saturated rings. The van der Waals surface area contributed by atoms with Crippen LogP contribution in [0, 0.1) is 0 Å². The van der Waals surface area contributed by atoms with Crippen molar-refractivity contribution in [1.29, 1.82) is 0 Å². The molecule has 270 valence electrons. The van der Waals surface area contributed by atoms with Crippen molar-refractivity contribution in [1.82, 2.24) is 14.5 Å². The lowest BCUT2D eigenvalue weighted by molar-refractivity contribution is 0.961. The molecule has 3 nitrogen and oxygen atoms in total. The lowest BCUT2D eigenvalue weighted by atomic mass is 9.92. The summed E-state index contributed by atoms with van der Waals surface area (Å²) in [5, 5.41) is 6.00. The fourth-order valence-electron chi connectivity index (χ4n) is 9.59. The summed E-state index contributed by atoms with van der Waals surface area (Å²) in [4.78, 5) is 11.3. The summed E-state index contributed by atoms with van der Waals surface area (Å²) in [6.07, 6.45) is 2.33. The molecule has 2 aromatic heterocycles. The first-order valence-electron chi connectivity index (χ1n) is 19.9. The van der Waals surface area contributed by atoms with E-state index < -0.39 is 0 Å². The molecule has 58 heavy (non-hydrogen) atoms. The van der Waals surface area contributed by atoms with Crippen molar-refractivity contribution >= 4 is 49.7 Å². The van der Waals surface area contributed by atoms with E-state index in [4.69, 9.17) is 16.5 Å². The van der Waals surface area contributed by atoms with Gasteiger partial charge in [-0.15, -0.1) is 0 Å². The first-order valence-corrected chi connectivity index (χ1v) is 19.9. The van der Waals surface area contributed by atoms with Crippen LogP contribution in [0.1, 0.15) is 29.3 Å². The molecular formula is C55H35N3. The largest absolute Gasteiger partial charge is 0.278 e. The van der Waals surface area contributed by atoms with Crippen LogP contribution in [-0.4, -0.2) is 14.5 Å². The van der Waals surface area contributed by atoms with E-state index in [-0.39, 0.29) is 0 Å². The molecule has 8 aromatic carbocycles. The van der Waals surface area contributed by atoms with Crippen LogP contribution >= 0.6 is 0 Å². The van der Waals surface area contributed by atoms with E-state index in [0.717, 1.165) is 83.6 Å². The van der Waals surface area contributed by atoms with E-state index in [9.17, 15) is 0 Å². The number of nitrogens with zero attached hydrogens (tertiary/aromatic N) is 3. The average molecular weight is 738 g/mol. The molecule has 0 radical (unpaired) electrons. The highest BCUT2D eigenvalue weighted by molar-refractivity contribution is 6.20. The molecule has 0 aliphatic heterocycles. The molecule has 0 saturated heterocycles. The van der Waals surface area contributed by atoms with Crippen LogP contribution in [0.15, 0.2) is 183 Å². The average Bonchev–Trinajstić information content (AvgIpc) is 3.75. The number of aromatic nitrogens is 3. The third-order valence-electron chi connectivity index (χ3n) is 12.2. The molecule has 2 heterocycles. The third kappa shape index (κ3) is 4.68. The zero-order valence-electron chi connectivity index (χ0n) is 31.9. The van der Waals surface area contributed by atoms with Gasteiger partial charge in [-0.3, -0.25) is 4.57 Å². The first-order chi connectivity index (χ1) is 28.6. The van der Waals surface area contributed by atoms with Crippen molar-refractivity contribution in [2.75, 3.05) is 0 Å². The van der Waals surface area contributed by atoms with Crippen LogP contribution in [0.3, 0.4) is 0 Å². The van der Waals surface area contributed by atoms with Crippen LogP contribution in [0.5, 0.6) is 0 Å². The number of benzene rings is 8. The Morgan fingerprint density at radius 2 is 1.05 bits per heavy atom. The fraction of sp³-hybridized carbons (Fsp3) is 0.0182. The van der Waals surface area contributed by atoms with Crippen molar-refractivity contribution in [3.05, 3.63) is 205 Å². The first kappa shape index (κ1) is 32.6. The van der Waals surface area contributed by atoms with Crippen LogP contribution in [0.25, 0.3) is 112 Å². The number of hydrogen-bond acceptors (Lipinski definition) is 2. The van der Waals surface area contributed by atoms with E-state index in [0.29, 0.717) is 5.95 Å². The molecule has 0 atom stereocenters. The summed E-state index contributed by atoms with van der Waals surface area (Å²) in [5.74, 6) is 0.627. The summed E-state index contributed by atoms with van der Waals surface area (Å²) in [6.45, 7) is 7.14. The summed E-state index contributed by atoms with van der Waals surface area (Å²) in [5.41, 5.74) is 18.5. The summed E-state index contributed by atoms with van der Waals surface area (Å²) in [6, 6.07) is 63.0. The minimum absolute atomic E-state index is 0.627. The lowest BCUT2D eigenvalue weighted by Crippen LogP contribution is -2.07. The smallest absolute Gasteiger partial charge is 0.235 e. The Kier molecular flexibility index (Phi) is 6.99. The normalized spacial score (nSPS) is 12.7. The minimum atomic E-state index is 0.627. The predicted molar refractivity (Wildman–Crippen MR) is 243 cm³/mol. The Bertz CT molecular complexity index is 3380. The van der Waals surface area contributed by atoms with Crippen molar-refractivity contribution in [2.24, 2.45) is 0 Å². The van der Waals surface area contributed by atoms with Gasteiger partial charge in [-0.05, 0) is 96.8 Å². The van der Waals surface area contributed by atoms with Crippen molar-refractivity contribution in [3.8, 4) is 61.8 Å². The zero-order chi connectivity index (χ0) is 38.5. The summed E-state index contributed by atoms with van der Waals surface area (Å²) >= 11 is 0. The molecule has 2 aliphatic rings. The van der Waals surface area contributed by atoms with Crippen molar-refractivity contribution in [2.45, 2.75) is 6.92 Å². The van der Waals surface area contributed by atoms with Gasteiger partial charge in [-0.1, -0.05) is 170 Å². The molecule has 3 heteroatoms. The van der Waals surface area contributed by atoms with Gasteiger partial charge in [0.2, 0.25) is 5.95 Å². The van der Waals surface area contributed by atoms with E-state index in [1.165, 1.54) is 38.2 Å². The van der Waals surface area contributed by atoms with Gasteiger partial charge in [0.1, 0.15) is 0 Å². The highest BCUT2D eigenvalue weighted by Crippen LogP contribution is 2.52. The molecule has 12 rings (SSSR count). The molecule has 0 spiro atoms. The second kappa shape index (κ2) is 12.4. The van der Waals surface area contributed by atoms with Crippen molar-refractivity contribution in [3.63, 3.8) is 0 Å². The van der Waals surface area contributed by atoms with Gasteiger partial charge < -0.3 is 0 Å². The van der Waals surface area contributed by atoms with Gasteiger partial charge in [0, 0.05) is 27.6 Å². The van der Waals surface area contributed by atoms with E-state index >= 15 is 0 Å². The Hall–Kier alpha value is -7.62. The maximum atomic E-state index is 5.67. The highest BCUT2D eigenvalue weighted by atomic mass is 15.2. The maximum absolute atomic E-state index is 5.67. The molecule has 0 unspecified atom stereocenters. The third-order valence-corrected chi connectivity index (χ3v) is 12.2. The zero-order valence-corrected chi connectivity index (χ0v) is 31.9. The predicted octanol–water partition coefficient (Wildman–Crippen LogP) is 14.3. The van der Waals surface area contributed by atoms with Gasteiger partial charge in [0.25, 0.3) is 0 Å². The van der Waals surface area contributed by atoms with Gasteiger partial charge in [-0.2, -0.15) is 0 Å². The van der Waals surface area contributed by atoms with E-state index in [2.05, 4.69) is 193 Å². The monoisotopic (exact) mass is 737 g/mol. The van der Waals surface area contributed by atoms with Crippen molar-refractivity contribution < 1.29 is 0 Å². The van der Waals surface area contributed by atoms with Crippen LogP contribution in [0.4, 0.5) is 0 Å². The van der Waals surface area contributed by atoms with Gasteiger partial charge in [0.05, 0.1) is 22.6 Å². The van der Waals surface area contributed by atoms with Gasteiger partial charge >= 0.3 is 0 Å². The second-order valence-corrected chi connectivity index (χ2v) is 15.4. The maximum Gasteiger partial charge on any atom is 0.235 e. The van der Waals surface area contributed by atoms with Crippen LogP contribution in [0.2, 0.25) is 0 Å². The van der Waals surface area contributed by atoms with Crippen LogP contribution in [-0.2, 0) is 0 Å². The molecule has 0 amide bonds. The Labute approximate surface area is 336 Å². The quantitative estimate of drug-likeness (QED) is 0.176. The number of fused-ring (bicyclic) bond motifs is 4.